The van der Waals surface area contributed by atoms with Gasteiger partial charge in [-0.3, -0.25) is 9.67 Å². The quantitative estimate of drug-likeness (QED) is 0.386. The number of likely N-dealkylation sites (N-methyl/N-ethyl adjacent to an activating group) is 1. The highest BCUT2D eigenvalue weighted by Gasteiger charge is 2.06. The lowest BCUT2D eigenvalue weighted by Gasteiger charge is -2.19. The Balaban J connectivity index is 0.000000234. The normalized spacial score (nSPS) is 10.1. The maximum atomic E-state index is 4.98. The number of pyridine rings is 2. The predicted octanol–water partition coefficient (Wildman–Crippen LogP) is 5.14. The summed E-state index contributed by atoms with van der Waals surface area (Å²) in [6.07, 6.45) is 11.1. The van der Waals surface area contributed by atoms with Gasteiger partial charge in [0.2, 0.25) is 0 Å². The molecule has 1 N–H and O–H groups in total. The summed E-state index contributed by atoms with van der Waals surface area (Å²) < 4.78 is 11.7. The first-order valence-electron chi connectivity index (χ1n) is 11.5. The van der Waals surface area contributed by atoms with E-state index in [2.05, 4.69) is 44.0 Å². The van der Waals surface area contributed by atoms with Crippen LogP contribution in [0.4, 0.5) is 5.82 Å². The van der Waals surface area contributed by atoms with Crippen LogP contribution in [-0.2, 0) is 7.05 Å². The minimum atomic E-state index is 0.697. The van der Waals surface area contributed by atoms with Crippen LogP contribution in [0, 0.1) is 6.92 Å². The van der Waals surface area contributed by atoms with E-state index in [1.54, 1.807) is 25.1 Å². The summed E-state index contributed by atoms with van der Waals surface area (Å²) in [4.78, 5) is 10.9. The van der Waals surface area contributed by atoms with Gasteiger partial charge in [-0.25, -0.2) is 4.98 Å². The molecule has 8 nitrogen and oxygen atoms in total. The molecule has 4 rings (SSSR count). The average Bonchev–Trinajstić information content (AvgIpc) is 3.38. The Morgan fingerprint density at radius 3 is 2.36 bits per heavy atom. The van der Waals surface area contributed by atoms with Crippen LogP contribution in [0.15, 0.2) is 91.8 Å². The molecule has 0 bridgehead atoms. The van der Waals surface area contributed by atoms with E-state index < -0.39 is 0 Å². The maximum absolute atomic E-state index is 4.98. The van der Waals surface area contributed by atoms with Gasteiger partial charge in [-0.1, -0.05) is 18.7 Å². The third kappa shape index (κ3) is 9.50. The standard InChI is InChI=1S/C16H20N4.C8H10O2.C4H6N2/c1-5-6-17-13(3)11-20(4)16-8-14-7-12(2)9-18-15(14)10-19-16;1-9-7-4-3-5-8(6-7)10-2;1-6-4-2-3-5-6/h5-10,17H,3,11H2,1-2,4H3;3-6H,1-2H3;2-4H,1H3/b6-5-;;. The molecule has 0 aliphatic carbocycles. The summed E-state index contributed by atoms with van der Waals surface area (Å²) in [5, 5.41) is 8.06. The highest BCUT2D eigenvalue weighted by atomic mass is 16.5. The number of allylic oxidation sites excluding steroid dienone is 1. The number of anilines is 1. The number of hydrogen-bond acceptors (Lipinski definition) is 7. The molecular weight excluding hydrogens is 452 g/mol. The summed E-state index contributed by atoms with van der Waals surface area (Å²) in [5.41, 5.74) is 2.99. The van der Waals surface area contributed by atoms with Gasteiger partial charge in [-0.2, -0.15) is 5.10 Å². The molecule has 8 heteroatoms. The first-order chi connectivity index (χ1) is 17.4. The van der Waals surface area contributed by atoms with Crippen LogP contribution in [0.3, 0.4) is 0 Å². The monoisotopic (exact) mass is 488 g/mol. The summed E-state index contributed by atoms with van der Waals surface area (Å²) in [6, 6.07) is 13.5. The molecule has 36 heavy (non-hydrogen) atoms. The molecule has 1 aromatic carbocycles. The van der Waals surface area contributed by atoms with Crippen molar-refractivity contribution >= 4 is 16.7 Å². The van der Waals surface area contributed by atoms with Crippen LogP contribution in [0.2, 0.25) is 0 Å². The molecule has 0 aliphatic heterocycles. The second-order valence-electron chi connectivity index (χ2n) is 7.91. The van der Waals surface area contributed by atoms with E-state index in [1.807, 2.05) is 89.1 Å². The van der Waals surface area contributed by atoms with E-state index in [1.165, 1.54) is 0 Å². The lowest BCUT2D eigenvalue weighted by molar-refractivity contribution is 0.394. The second kappa shape index (κ2) is 14.8. The van der Waals surface area contributed by atoms with Crippen molar-refractivity contribution in [1.82, 2.24) is 25.1 Å². The molecule has 0 aliphatic rings. The average molecular weight is 489 g/mol. The Bertz CT molecular complexity index is 1220. The first kappa shape index (κ1) is 27.9. The van der Waals surface area contributed by atoms with Crippen molar-refractivity contribution in [1.29, 1.82) is 0 Å². The topological polar surface area (TPSA) is 77.3 Å². The summed E-state index contributed by atoms with van der Waals surface area (Å²) >= 11 is 0. The fourth-order valence-corrected chi connectivity index (χ4v) is 3.03. The molecule has 4 aromatic rings. The number of aromatic nitrogens is 4. The molecule has 190 valence electrons. The molecule has 0 saturated carbocycles. The number of benzene rings is 1. The van der Waals surface area contributed by atoms with Crippen LogP contribution in [0.1, 0.15) is 12.5 Å². The van der Waals surface area contributed by atoms with Gasteiger partial charge in [-0.05, 0) is 55.9 Å². The maximum Gasteiger partial charge on any atom is 0.129 e. The molecule has 3 heterocycles. The summed E-state index contributed by atoms with van der Waals surface area (Å²) in [5.74, 6) is 2.55. The van der Waals surface area contributed by atoms with Crippen LogP contribution in [0.25, 0.3) is 10.9 Å². The minimum Gasteiger partial charge on any atom is -0.497 e. The number of nitrogens with one attached hydrogen (secondary N) is 1. The number of rotatable bonds is 7. The van der Waals surface area contributed by atoms with Gasteiger partial charge in [0.05, 0.1) is 32.5 Å². The van der Waals surface area contributed by atoms with Gasteiger partial charge in [-0.15, -0.1) is 0 Å². The smallest absolute Gasteiger partial charge is 0.129 e. The van der Waals surface area contributed by atoms with Gasteiger partial charge in [0.15, 0.2) is 0 Å². The first-order valence-corrected chi connectivity index (χ1v) is 11.5. The zero-order chi connectivity index (χ0) is 26.3. The zero-order valence-corrected chi connectivity index (χ0v) is 22.0. The Hall–Kier alpha value is -4.33. The molecule has 0 unspecified atom stereocenters. The second-order valence-corrected chi connectivity index (χ2v) is 7.91. The fraction of sp³-hybridized carbons (Fsp3) is 0.250. The highest BCUT2D eigenvalue weighted by molar-refractivity contribution is 5.80. The molecule has 0 spiro atoms. The van der Waals surface area contributed by atoms with E-state index in [0.29, 0.717) is 6.54 Å². The number of ether oxygens (including phenoxy) is 2. The molecule has 0 amide bonds. The van der Waals surface area contributed by atoms with Crippen LogP contribution < -0.4 is 19.7 Å². The van der Waals surface area contributed by atoms with Gasteiger partial charge >= 0.3 is 0 Å². The van der Waals surface area contributed by atoms with Gasteiger partial charge < -0.3 is 19.7 Å². The third-order valence-electron chi connectivity index (χ3n) is 4.88. The fourth-order valence-electron chi connectivity index (χ4n) is 3.03. The lowest BCUT2D eigenvalue weighted by atomic mass is 10.2. The summed E-state index contributed by atoms with van der Waals surface area (Å²) in [6.45, 7) is 8.69. The largest absolute Gasteiger partial charge is 0.497 e. The zero-order valence-electron chi connectivity index (χ0n) is 22.0. The number of methoxy groups -OCH3 is 2. The molecule has 0 radical (unpaired) electrons. The molecule has 0 saturated heterocycles. The number of aryl methyl sites for hydroxylation is 2. The van der Waals surface area contributed by atoms with Crippen molar-refractivity contribution in [3.63, 3.8) is 0 Å². The SMILES string of the molecule is C=C(CN(C)c1cc2cc(C)cnc2cn1)N/C=C\C.COc1cccc(OC)c1.Cn1cccn1. The predicted molar refractivity (Wildman–Crippen MR) is 147 cm³/mol. The van der Waals surface area contributed by atoms with E-state index in [9.17, 15) is 0 Å². The van der Waals surface area contributed by atoms with Crippen LogP contribution in [0.5, 0.6) is 11.5 Å². The van der Waals surface area contributed by atoms with Gasteiger partial charge in [0.25, 0.3) is 0 Å². The highest BCUT2D eigenvalue weighted by Crippen LogP contribution is 2.19. The summed E-state index contributed by atoms with van der Waals surface area (Å²) in [7, 11) is 7.16. The molecular formula is C28H36N6O2. The Labute approximate surface area is 213 Å². The molecule has 0 atom stereocenters. The van der Waals surface area contributed by atoms with Crippen molar-refractivity contribution in [2.24, 2.45) is 7.05 Å². The van der Waals surface area contributed by atoms with Crippen LogP contribution >= 0.6 is 0 Å². The van der Waals surface area contributed by atoms with E-state index in [0.717, 1.165) is 39.5 Å². The molecule has 3 aromatic heterocycles. The number of hydrogen-bond donors (Lipinski definition) is 1. The number of nitrogens with zero attached hydrogens (tertiary/aromatic N) is 5. The van der Waals surface area contributed by atoms with Gasteiger partial charge in [0.1, 0.15) is 17.3 Å². The Morgan fingerprint density at radius 1 is 1.08 bits per heavy atom. The van der Waals surface area contributed by atoms with Gasteiger partial charge in [0, 0.05) is 49.8 Å². The molecule has 0 fully saturated rings. The van der Waals surface area contributed by atoms with E-state index in [4.69, 9.17) is 9.47 Å². The lowest BCUT2D eigenvalue weighted by Crippen LogP contribution is -2.25. The van der Waals surface area contributed by atoms with E-state index in [-0.39, 0.29) is 0 Å². The van der Waals surface area contributed by atoms with Crippen LogP contribution in [-0.4, -0.2) is 47.6 Å². The van der Waals surface area contributed by atoms with Crippen molar-refractivity contribution in [3.8, 4) is 11.5 Å². The number of fused-ring (bicyclic) bond motifs is 1. The van der Waals surface area contributed by atoms with Crippen molar-refractivity contribution < 1.29 is 9.47 Å². The Morgan fingerprint density at radius 2 is 1.81 bits per heavy atom. The third-order valence-corrected chi connectivity index (χ3v) is 4.88. The Kier molecular flexibility index (Phi) is 11.5. The van der Waals surface area contributed by atoms with Crippen molar-refractivity contribution in [2.45, 2.75) is 13.8 Å². The van der Waals surface area contributed by atoms with Crippen molar-refractivity contribution in [3.05, 3.63) is 97.4 Å². The minimum absolute atomic E-state index is 0.697. The van der Waals surface area contributed by atoms with E-state index >= 15 is 0 Å². The van der Waals surface area contributed by atoms with Crippen molar-refractivity contribution in [2.75, 3.05) is 32.7 Å².